The van der Waals surface area contributed by atoms with Crippen molar-refractivity contribution in [1.29, 1.82) is 0 Å². The molecule has 0 atom stereocenters. The van der Waals surface area contributed by atoms with Crippen LogP contribution >= 0.6 is 0 Å². The van der Waals surface area contributed by atoms with Gasteiger partial charge in [0.1, 0.15) is 10.9 Å². The Morgan fingerprint density at radius 3 is 1.19 bits per heavy atom. The van der Waals surface area contributed by atoms with E-state index in [1.165, 1.54) is 6.92 Å². The summed E-state index contributed by atoms with van der Waals surface area (Å²) in [5.41, 5.74) is 2.39. The van der Waals surface area contributed by atoms with Crippen LogP contribution in [0.3, 0.4) is 0 Å². The summed E-state index contributed by atoms with van der Waals surface area (Å²) in [6.45, 7) is 21.7. The van der Waals surface area contributed by atoms with E-state index in [2.05, 4.69) is 63.1 Å². The number of carbonyl (C=O) groups excluding carboxylic acids is 1. The van der Waals surface area contributed by atoms with Crippen LogP contribution in [0.2, 0.25) is 0 Å². The number of rotatable bonds is 2. The van der Waals surface area contributed by atoms with E-state index in [-0.39, 0.29) is 301 Å². The summed E-state index contributed by atoms with van der Waals surface area (Å²) < 4.78 is 8.15. The Morgan fingerprint density at radius 1 is 0.577 bits per heavy atom. The van der Waals surface area contributed by atoms with Gasteiger partial charge in [0.05, 0.1) is 16.9 Å². The summed E-state index contributed by atoms with van der Waals surface area (Å²) in [6, 6.07) is 7.89. The predicted octanol–water partition coefficient (Wildman–Crippen LogP) is 5.70. The molecule has 52 heavy (non-hydrogen) atoms. The van der Waals surface area contributed by atoms with Crippen LogP contribution in [0, 0.1) is 26.2 Å². The number of carboxylic acid groups (broad SMARTS) is 1. The third-order valence-corrected chi connectivity index (χ3v) is 10.6. The van der Waals surface area contributed by atoms with Crippen molar-refractivity contribution in [2.45, 2.75) is 98.3 Å². The molecule has 2 aliphatic rings. The Bertz CT molecular complexity index is 1880. The number of ketones is 1. The summed E-state index contributed by atoms with van der Waals surface area (Å²) in [6.07, 6.45) is 9.97. The molecule has 2 aliphatic heterocycles. The molecule has 0 fully saturated rings. The monoisotopic (exact) mass is 1310 g/mol. The van der Waals surface area contributed by atoms with E-state index < -0.39 is 16.9 Å². The van der Waals surface area contributed by atoms with Crippen LogP contribution in [0.5, 0.6) is 0 Å². The van der Waals surface area contributed by atoms with Crippen molar-refractivity contribution in [3.05, 3.63) is 91.8 Å². The van der Waals surface area contributed by atoms with Crippen LogP contribution < -0.4 is 10.9 Å². The van der Waals surface area contributed by atoms with E-state index >= 15 is 0 Å². The van der Waals surface area contributed by atoms with Gasteiger partial charge in [-0.3, -0.25) is 0 Å². The third-order valence-electron chi connectivity index (χ3n) is 10.6. The number of carbonyl (C=O) groups is 2. The number of Topliss-reactive ketones (excluding diaryl/α,β-unsaturated/α-hetero) is 1. The molecule has 0 amide bonds. The first kappa shape index (κ1) is 63.1. The van der Waals surface area contributed by atoms with Crippen molar-refractivity contribution in [1.82, 2.24) is 18.3 Å². The molecule has 0 unspecified atom stereocenters. The van der Waals surface area contributed by atoms with Gasteiger partial charge in [-0.2, -0.15) is 0 Å². The summed E-state index contributed by atoms with van der Waals surface area (Å²) in [7, 11) is 0. The quantitative estimate of drug-likeness (QED) is 0.205. The minimum absolute atomic E-state index is 0. The maximum Gasteiger partial charge on any atom is 0.252 e. The van der Waals surface area contributed by atoms with Crippen molar-refractivity contribution in [3.8, 4) is 22.8 Å². The maximum absolute atomic E-state index is 12.5. The summed E-state index contributed by atoms with van der Waals surface area (Å²) >= 11 is 0. The minimum Gasteiger partial charge on any atom is -0.521 e. The SMILES string of the molecule is CC(=O)c1[c-]n2c(c(C)c1=O)-c1cccn1C(C)(C)C2(C)C.Cc1c2n([c-]c(C(=O)O)c1=O)C(C)(C)C(C)(C)n1cccc1-2.[Y].[Y].[Y].[Y].[Y].[Y].[Y].[Y]. The number of pyridine rings is 2. The molecular weight excluding hydrogens is 1270 g/mol. The van der Waals surface area contributed by atoms with E-state index in [1.807, 2.05) is 59.6 Å². The number of aromatic nitrogens is 4. The van der Waals surface area contributed by atoms with Crippen molar-refractivity contribution in [3.63, 3.8) is 0 Å². The Balaban J connectivity index is -0.000000384. The molecule has 8 radical (unpaired) electrons. The molecule has 0 saturated heterocycles. The van der Waals surface area contributed by atoms with Gasteiger partial charge in [0.15, 0.2) is 0 Å². The van der Waals surface area contributed by atoms with Crippen LogP contribution in [0.15, 0.2) is 46.2 Å². The van der Waals surface area contributed by atoms with Gasteiger partial charge >= 0.3 is 0 Å². The molecule has 0 bridgehead atoms. The van der Waals surface area contributed by atoms with Crippen molar-refractivity contribution >= 4 is 11.8 Å². The average Bonchev–Trinajstić information content (AvgIpc) is 3.61. The molecule has 0 aromatic carbocycles. The number of hydrogen-bond acceptors (Lipinski definition) is 4. The van der Waals surface area contributed by atoms with Crippen molar-refractivity contribution in [2.75, 3.05) is 0 Å². The fraction of sp³-hybridized carbons (Fsp3) is 0.429. The van der Waals surface area contributed by atoms with Crippen LogP contribution in [-0.2, 0) is 284 Å². The molecule has 4 aromatic heterocycles. The van der Waals surface area contributed by atoms with Crippen molar-refractivity contribution < 1.29 is 276 Å². The van der Waals surface area contributed by atoms with E-state index in [9.17, 15) is 24.3 Å². The van der Waals surface area contributed by atoms with Gasteiger partial charge in [0.25, 0.3) is 5.97 Å². The Hall–Kier alpha value is 4.43. The van der Waals surface area contributed by atoms with Gasteiger partial charge in [-0.25, -0.2) is 0 Å². The maximum atomic E-state index is 12.5. The number of hydrogen-bond donors (Lipinski definition) is 1. The van der Waals surface area contributed by atoms with Crippen LogP contribution in [0.25, 0.3) is 22.8 Å². The zero-order chi connectivity index (χ0) is 32.9. The first-order valence-electron chi connectivity index (χ1n) is 14.7. The number of carboxylic acids is 1. The third kappa shape index (κ3) is 10.4. The minimum atomic E-state index is -1.24. The van der Waals surface area contributed by atoms with Crippen molar-refractivity contribution in [2.24, 2.45) is 0 Å². The Morgan fingerprint density at radius 2 is 0.885 bits per heavy atom. The molecule has 256 valence electrons. The second kappa shape index (κ2) is 23.0. The Kier molecular flexibility index (Phi) is 27.9. The molecule has 4 aromatic rings. The van der Waals surface area contributed by atoms with Gasteiger partial charge in [-0.05, 0) is 109 Å². The first-order chi connectivity index (χ1) is 20.2. The second-order valence-corrected chi connectivity index (χ2v) is 13.9. The van der Waals surface area contributed by atoms with Gasteiger partial charge < -0.3 is 42.6 Å². The molecular formula is C35H40N4O5Y8-2. The number of fused-ring (bicyclic) bond motifs is 6. The molecule has 0 aliphatic carbocycles. The molecule has 6 rings (SSSR count). The largest absolute Gasteiger partial charge is 0.521 e. The molecule has 0 spiro atoms. The van der Waals surface area contributed by atoms with E-state index in [4.69, 9.17) is 0 Å². The van der Waals surface area contributed by atoms with Gasteiger partial charge in [-0.1, -0.05) is 37.4 Å². The molecule has 6 heterocycles. The second-order valence-electron chi connectivity index (χ2n) is 13.9. The van der Waals surface area contributed by atoms with E-state index in [0.717, 1.165) is 22.8 Å². The average molecular weight is 1310 g/mol. The smallest absolute Gasteiger partial charge is 0.252 e. The first-order valence-corrected chi connectivity index (χ1v) is 14.7. The summed E-state index contributed by atoms with van der Waals surface area (Å²) in [5, 5.41) is 9.30. The predicted molar refractivity (Wildman–Crippen MR) is 170 cm³/mol. The van der Waals surface area contributed by atoms with Gasteiger partial charge in [-0.15, -0.1) is 0 Å². The van der Waals surface area contributed by atoms with Crippen LogP contribution in [0.1, 0.15) is 94.2 Å². The fourth-order valence-corrected chi connectivity index (χ4v) is 6.46. The van der Waals surface area contributed by atoms with Gasteiger partial charge in [0, 0.05) is 297 Å². The zero-order valence-corrected chi connectivity index (χ0v) is 54.7. The summed E-state index contributed by atoms with van der Waals surface area (Å²) in [4.78, 5) is 48.1. The van der Waals surface area contributed by atoms with E-state index in [0.29, 0.717) is 11.1 Å². The van der Waals surface area contributed by atoms with E-state index in [1.54, 1.807) is 13.8 Å². The molecule has 17 heteroatoms. The van der Waals surface area contributed by atoms with Crippen LogP contribution in [0.4, 0.5) is 0 Å². The van der Waals surface area contributed by atoms with Crippen LogP contribution in [-0.4, -0.2) is 35.1 Å². The molecule has 9 nitrogen and oxygen atoms in total. The standard InChI is InChI=1S/C18H21N2O2.C17H19N2O3.8Y/c1-11-15-14-8-7-9-19(14)17(3,4)18(5,6)20(15)10-13(12(2)21)16(11)22;1-10-13-12-7-6-8-18(12)16(2,3)17(4,5)19(13)9-11(14(10)20)15(21)22;;;;;;;;/h7-9H,1-6H3;6-8H,1-5H3,(H,21,22);;;;;;;;/q2*-1;;;;;;;;. The molecule has 0 saturated carbocycles. The van der Waals surface area contributed by atoms with Gasteiger partial charge in [0.2, 0.25) is 0 Å². The fourth-order valence-electron chi connectivity index (χ4n) is 6.46. The zero-order valence-electron chi connectivity index (χ0n) is 32.0. The topological polar surface area (TPSA) is 108 Å². The Labute approximate surface area is 508 Å². The summed E-state index contributed by atoms with van der Waals surface area (Å²) in [5.74, 6) is -1.48. The molecule has 1 N–H and O–H groups in total. The number of aromatic carboxylic acids is 1. The normalized spacial score (nSPS) is 15.0. The number of nitrogens with zero attached hydrogens (tertiary/aromatic N) is 4.